The van der Waals surface area contributed by atoms with Crippen LogP contribution in [0.4, 0.5) is 33.3 Å². The van der Waals surface area contributed by atoms with Crippen molar-refractivity contribution in [2.45, 2.75) is 0 Å². The van der Waals surface area contributed by atoms with Crippen LogP contribution in [-0.4, -0.2) is 17.0 Å². The van der Waals surface area contributed by atoms with Crippen LogP contribution in [0.5, 0.6) is 5.75 Å². The molecule has 2 aromatic rings. The summed E-state index contributed by atoms with van der Waals surface area (Å²) in [6, 6.07) is 1.68. The normalized spacial score (nSPS) is 9.84. The summed E-state index contributed by atoms with van der Waals surface area (Å²) in [5, 5.41) is 20.2. The zero-order valence-electron chi connectivity index (χ0n) is 12.1. The van der Waals surface area contributed by atoms with Crippen LogP contribution in [-0.2, 0) is 0 Å². The molecule has 134 valence electrons. The summed E-state index contributed by atoms with van der Waals surface area (Å²) < 4.78 is 66.8. The smallest absolute Gasteiger partial charge is 0.346 e. The van der Waals surface area contributed by atoms with E-state index in [4.69, 9.17) is 0 Å². The van der Waals surface area contributed by atoms with Gasteiger partial charge in [0, 0.05) is 24.3 Å². The lowest BCUT2D eigenvalue weighted by Gasteiger charge is -2.01. The molecule has 2 aromatic carbocycles. The molecule has 0 aliphatic rings. The number of hydrogen-bond acceptors (Lipinski definition) is 5. The van der Waals surface area contributed by atoms with Gasteiger partial charge in [0.05, 0.1) is 17.0 Å². The first kappa shape index (κ1) is 19.7. The fourth-order valence-corrected chi connectivity index (χ4v) is 1.58. The van der Waals surface area contributed by atoms with E-state index < -0.39 is 56.1 Å². The predicted molar refractivity (Wildman–Crippen MR) is 72.5 cm³/mol. The van der Waals surface area contributed by atoms with Crippen molar-refractivity contribution in [1.29, 1.82) is 0 Å². The maximum atomic E-state index is 12.8. The lowest BCUT2D eigenvalue weighted by Crippen LogP contribution is -1.97. The molecule has 0 saturated carbocycles. The first-order valence-corrected chi connectivity index (χ1v) is 6.04. The molecular weight excluding hydrogens is 359 g/mol. The third-order valence-electron chi connectivity index (χ3n) is 2.56. The zero-order chi connectivity index (χ0) is 19.3. The maximum absolute atomic E-state index is 12.8. The van der Waals surface area contributed by atoms with Crippen LogP contribution >= 0.6 is 0 Å². The largest absolute Gasteiger partial charge is 0.490 e. The summed E-state index contributed by atoms with van der Waals surface area (Å²) >= 11 is 0. The van der Waals surface area contributed by atoms with E-state index >= 15 is 0 Å². The lowest BCUT2D eigenvalue weighted by atomic mass is 10.3. The van der Waals surface area contributed by atoms with Gasteiger partial charge in [-0.2, -0.15) is 13.2 Å². The molecule has 0 heterocycles. The fraction of sp³-hybridized carbons (Fsp3) is 0.0769. The van der Waals surface area contributed by atoms with Gasteiger partial charge in [-0.15, -0.1) is 0 Å². The van der Waals surface area contributed by atoms with Gasteiger partial charge in [0.1, 0.15) is 11.6 Å². The van der Waals surface area contributed by atoms with Crippen molar-refractivity contribution >= 4 is 11.4 Å². The number of benzene rings is 2. The number of halogens is 5. The van der Waals surface area contributed by atoms with Gasteiger partial charge >= 0.3 is 11.4 Å². The van der Waals surface area contributed by atoms with Crippen LogP contribution in [0.1, 0.15) is 0 Å². The highest BCUT2D eigenvalue weighted by Crippen LogP contribution is 2.30. The molecule has 0 N–H and O–H groups in total. The van der Waals surface area contributed by atoms with Gasteiger partial charge in [-0.1, -0.05) is 0 Å². The molecule has 0 bridgehead atoms. The summed E-state index contributed by atoms with van der Waals surface area (Å²) in [5.74, 6) is -6.81. The molecule has 0 amide bonds. The molecule has 12 heteroatoms. The number of hydrogen-bond donors (Lipinski definition) is 0. The quantitative estimate of drug-likeness (QED) is 0.466. The summed E-state index contributed by atoms with van der Waals surface area (Å²) in [6.45, 7) is 0. The van der Waals surface area contributed by atoms with Crippen molar-refractivity contribution in [3.63, 3.8) is 0 Å². The molecule has 7 nitrogen and oxygen atoms in total. The summed E-state index contributed by atoms with van der Waals surface area (Å²) in [6.07, 6.45) is 0. The molecule has 0 fully saturated rings. The van der Waals surface area contributed by atoms with E-state index in [0.29, 0.717) is 6.07 Å². The molecule has 0 aliphatic heterocycles. The van der Waals surface area contributed by atoms with E-state index in [2.05, 4.69) is 4.74 Å². The highest BCUT2D eigenvalue weighted by atomic mass is 19.2. The van der Waals surface area contributed by atoms with E-state index in [0.717, 1.165) is 13.2 Å². The van der Waals surface area contributed by atoms with E-state index in [9.17, 15) is 42.2 Å². The maximum Gasteiger partial charge on any atom is 0.346 e. The Morgan fingerprint density at radius 3 is 1.48 bits per heavy atom. The summed E-state index contributed by atoms with van der Waals surface area (Å²) in [7, 11) is 1.10. The van der Waals surface area contributed by atoms with E-state index in [1.807, 2.05) is 0 Å². The Bertz CT molecular complexity index is 808. The van der Waals surface area contributed by atoms with Crippen LogP contribution in [0, 0.1) is 49.3 Å². The van der Waals surface area contributed by atoms with Gasteiger partial charge in [0.15, 0.2) is 0 Å². The number of rotatable bonds is 3. The van der Waals surface area contributed by atoms with Gasteiger partial charge in [-0.05, 0) is 0 Å². The standard InChI is InChI=1S/C7H5F2NO3.C6H2F3NO2/c1-13-6-3-4(8)2-5(9)7(6)10(11)12;7-3-1-4(8)6(10(11)12)5(9)2-3/h2-3H,1H3;1-2H. The average molecular weight is 366 g/mol. The Morgan fingerprint density at radius 2 is 1.12 bits per heavy atom. The Kier molecular flexibility index (Phi) is 6.31. The third-order valence-corrected chi connectivity index (χ3v) is 2.56. The van der Waals surface area contributed by atoms with E-state index in [-0.39, 0.29) is 12.1 Å². The minimum atomic E-state index is -1.52. The molecule has 2 rings (SSSR count). The van der Waals surface area contributed by atoms with Crippen LogP contribution < -0.4 is 4.74 Å². The van der Waals surface area contributed by atoms with E-state index in [1.54, 1.807) is 0 Å². The van der Waals surface area contributed by atoms with Crippen LogP contribution in [0.2, 0.25) is 0 Å². The van der Waals surface area contributed by atoms with Gasteiger partial charge in [0.2, 0.25) is 23.2 Å². The Morgan fingerprint density at radius 1 is 0.760 bits per heavy atom. The Balaban J connectivity index is 0.000000251. The zero-order valence-corrected chi connectivity index (χ0v) is 12.1. The molecule has 0 aliphatic carbocycles. The van der Waals surface area contributed by atoms with Crippen molar-refractivity contribution in [3.05, 3.63) is 73.6 Å². The highest BCUT2D eigenvalue weighted by Gasteiger charge is 2.23. The van der Waals surface area contributed by atoms with Crippen LogP contribution in [0.3, 0.4) is 0 Å². The summed E-state index contributed by atoms with van der Waals surface area (Å²) in [5.41, 5.74) is -2.19. The lowest BCUT2D eigenvalue weighted by molar-refractivity contribution is -0.390. The van der Waals surface area contributed by atoms with Crippen molar-refractivity contribution < 1.29 is 36.5 Å². The predicted octanol–water partition coefficient (Wildman–Crippen LogP) is 3.89. The second kappa shape index (κ2) is 7.99. The number of methoxy groups -OCH3 is 1. The Hall–Kier alpha value is -3.31. The second-order valence-electron chi connectivity index (χ2n) is 4.17. The van der Waals surface area contributed by atoms with Crippen LogP contribution in [0.25, 0.3) is 0 Å². The van der Waals surface area contributed by atoms with Crippen molar-refractivity contribution in [2.75, 3.05) is 7.11 Å². The fourth-order valence-electron chi connectivity index (χ4n) is 1.58. The molecule has 0 saturated heterocycles. The van der Waals surface area contributed by atoms with Crippen molar-refractivity contribution in [3.8, 4) is 5.75 Å². The van der Waals surface area contributed by atoms with Crippen LogP contribution in [0.15, 0.2) is 24.3 Å². The SMILES string of the molecule is COc1cc(F)cc(F)c1[N+](=O)[O-].O=[N+]([O-])c1c(F)cc(F)cc1F. The molecular formula is C13H7F5N2O5. The first-order chi connectivity index (χ1) is 11.6. The first-order valence-electron chi connectivity index (χ1n) is 6.04. The molecule has 25 heavy (non-hydrogen) atoms. The molecule has 0 unspecified atom stereocenters. The Labute approximate surface area is 135 Å². The second-order valence-corrected chi connectivity index (χ2v) is 4.17. The molecule has 0 spiro atoms. The number of nitrogens with zero attached hydrogens (tertiary/aromatic N) is 2. The molecule has 0 aromatic heterocycles. The van der Waals surface area contributed by atoms with Gasteiger partial charge in [0.25, 0.3) is 0 Å². The molecule has 0 atom stereocenters. The topological polar surface area (TPSA) is 95.5 Å². The monoisotopic (exact) mass is 366 g/mol. The number of nitro groups is 2. The third kappa shape index (κ3) is 4.83. The average Bonchev–Trinajstić information content (AvgIpc) is 2.44. The van der Waals surface area contributed by atoms with Crippen molar-refractivity contribution in [2.24, 2.45) is 0 Å². The number of ether oxygens (including phenoxy) is 1. The van der Waals surface area contributed by atoms with Gasteiger partial charge < -0.3 is 4.74 Å². The minimum absolute atomic E-state index is 0.251. The minimum Gasteiger partial charge on any atom is -0.490 e. The number of nitro benzene ring substituents is 2. The highest BCUT2D eigenvalue weighted by molar-refractivity contribution is 5.47. The molecule has 0 radical (unpaired) electrons. The van der Waals surface area contributed by atoms with Crippen molar-refractivity contribution in [1.82, 2.24) is 0 Å². The van der Waals surface area contributed by atoms with Gasteiger partial charge in [-0.3, -0.25) is 20.2 Å². The summed E-state index contributed by atoms with van der Waals surface area (Å²) in [4.78, 5) is 18.0. The van der Waals surface area contributed by atoms with Gasteiger partial charge in [-0.25, -0.2) is 8.78 Å². The van der Waals surface area contributed by atoms with E-state index in [1.165, 1.54) is 0 Å².